The van der Waals surface area contributed by atoms with Gasteiger partial charge in [-0.05, 0) is 24.1 Å². The van der Waals surface area contributed by atoms with Crippen molar-refractivity contribution in [2.24, 2.45) is 0 Å². The van der Waals surface area contributed by atoms with E-state index in [0.717, 1.165) is 17.5 Å². The molecule has 120 valence electrons. The topological polar surface area (TPSA) is 34.9 Å². The molecule has 2 heterocycles. The second-order valence-electron chi connectivity index (χ2n) is 5.26. The van der Waals surface area contributed by atoms with Gasteiger partial charge in [-0.1, -0.05) is 30.7 Å². The third-order valence-corrected chi connectivity index (χ3v) is 4.83. The number of alkyl halides is 1. The molecule has 0 radical (unpaired) electrons. The summed E-state index contributed by atoms with van der Waals surface area (Å²) in [6, 6.07) is 7.34. The normalized spacial score (nSPS) is 11.3. The Morgan fingerprint density at radius 2 is 2.04 bits per heavy atom. The second-order valence-corrected chi connectivity index (χ2v) is 6.55. The van der Waals surface area contributed by atoms with Crippen LogP contribution in [0, 0.1) is 0 Å². The van der Waals surface area contributed by atoms with E-state index in [1.54, 1.807) is 12.1 Å². The molecule has 1 aromatic carbocycles. The first-order valence-electron chi connectivity index (χ1n) is 7.48. The van der Waals surface area contributed by atoms with Gasteiger partial charge in [0.1, 0.15) is 17.3 Å². The zero-order valence-corrected chi connectivity index (χ0v) is 14.3. The lowest BCUT2D eigenvalue weighted by Gasteiger charge is -2.10. The van der Waals surface area contributed by atoms with Crippen molar-refractivity contribution >= 4 is 33.2 Å². The highest BCUT2D eigenvalue weighted by Gasteiger charge is 2.16. The summed E-state index contributed by atoms with van der Waals surface area (Å²) in [6.07, 6.45) is 1.53. The van der Waals surface area contributed by atoms with E-state index in [0.29, 0.717) is 27.5 Å². The number of aromatic nitrogens is 2. The highest BCUT2D eigenvalue weighted by Crippen LogP contribution is 2.31. The van der Waals surface area contributed by atoms with Crippen LogP contribution in [0.3, 0.4) is 0 Å². The summed E-state index contributed by atoms with van der Waals surface area (Å²) in [5.41, 5.74) is 1.58. The molecule has 3 aromatic rings. The van der Waals surface area contributed by atoms with Gasteiger partial charge in [0.25, 0.3) is 5.56 Å². The molecule has 0 atom stereocenters. The molecule has 0 aliphatic heterocycles. The molecular weight excluding hydrogens is 335 g/mol. The molecule has 0 spiro atoms. The largest absolute Gasteiger partial charge is 0.293 e. The summed E-state index contributed by atoms with van der Waals surface area (Å²) < 4.78 is 14.3. The predicted molar refractivity (Wildman–Crippen MR) is 94.3 cm³/mol. The summed E-state index contributed by atoms with van der Waals surface area (Å²) in [7, 11) is 0. The molecule has 0 amide bonds. The number of benzene rings is 1. The van der Waals surface area contributed by atoms with Gasteiger partial charge >= 0.3 is 0 Å². The average Bonchev–Trinajstić information content (AvgIpc) is 2.96. The lowest BCUT2D eigenvalue weighted by atomic mass is 10.1. The number of halogens is 2. The van der Waals surface area contributed by atoms with E-state index in [4.69, 9.17) is 11.6 Å². The molecule has 23 heavy (non-hydrogen) atoms. The molecule has 6 heteroatoms. The highest BCUT2D eigenvalue weighted by molar-refractivity contribution is 7.17. The van der Waals surface area contributed by atoms with E-state index in [1.807, 2.05) is 24.4 Å². The lowest BCUT2D eigenvalue weighted by Crippen LogP contribution is -2.26. The fourth-order valence-electron chi connectivity index (χ4n) is 2.64. The minimum absolute atomic E-state index is 0.0486. The Hall–Kier alpha value is -1.72. The number of nitrogens with zero attached hydrogens (tertiary/aromatic N) is 2. The predicted octanol–water partition coefficient (Wildman–Crippen LogP) is 4.70. The van der Waals surface area contributed by atoms with E-state index in [9.17, 15) is 9.18 Å². The van der Waals surface area contributed by atoms with Crippen LogP contribution in [0.5, 0.6) is 0 Å². The fraction of sp³-hybridized carbons (Fsp3) is 0.294. The van der Waals surface area contributed by atoms with Gasteiger partial charge < -0.3 is 0 Å². The number of rotatable bonds is 5. The van der Waals surface area contributed by atoms with Crippen molar-refractivity contribution < 1.29 is 4.39 Å². The SMILES string of the molecule is CCCc1nc2scc(-c3ccc(Cl)cc3)c2c(=O)n1CCF. The number of thiophene rings is 1. The molecule has 0 saturated heterocycles. The second kappa shape index (κ2) is 6.81. The van der Waals surface area contributed by atoms with Gasteiger partial charge in [-0.3, -0.25) is 9.36 Å². The van der Waals surface area contributed by atoms with Crippen molar-refractivity contribution in [2.75, 3.05) is 6.67 Å². The van der Waals surface area contributed by atoms with Gasteiger partial charge in [0, 0.05) is 22.4 Å². The van der Waals surface area contributed by atoms with Crippen LogP contribution in [-0.4, -0.2) is 16.2 Å². The molecule has 0 bridgehead atoms. The molecule has 0 saturated carbocycles. The van der Waals surface area contributed by atoms with Crippen LogP contribution in [0.4, 0.5) is 4.39 Å². The van der Waals surface area contributed by atoms with Crippen molar-refractivity contribution in [2.45, 2.75) is 26.3 Å². The van der Waals surface area contributed by atoms with Gasteiger partial charge in [0.05, 0.1) is 11.9 Å². The Morgan fingerprint density at radius 3 is 2.70 bits per heavy atom. The molecule has 2 aromatic heterocycles. The van der Waals surface area contributed by atoms with Gasteiger partial charge in [-0.2, -0.15) is 0 Å². The fourth-order valence-corrected chi connectivity index (χ4v) is 3.72. The van der Waals surface area contributed by atoms with Gasteiger partial charge in [-0.25, -0.2) is 9.37 Å². The van der Waals surface area contributed by atoms with Crippen molar-refractivity contribution in [3.05, 3.63) is 50.8 Å². The number of hydrogen-bond acceptors (Lipinski definition) is 3. The third kappa shape index (κ3) is 3.03. The maximum Gasteiger partial charge on any atom is 0.262 e. The molecule has 3 rings (SSSR count). The van der Waals surface area contributed by atoms with Crippen LogP contribution >= 0.6 is 22.9 Å². The Bertz CT molecular complexity index is 886. The zero-order chi connectivity index (χ0) is 16.4. The molecule has 0 unspecified atom stereocenters. The Kier molecular flexibility index (Phi) is 4.78. The van der Waals surface area contributed by atoms with Crippen molar-refractivity contribution in [1.29, 1.82) is 0 Å². The maximum absolute atomic E-state index is 12.9. The summed E-state index contributed by atoms with van der Waals surface area (Å²) in [6.45, 7) is 1.49. The van der Waals surface area contributed by atoms with Crippen LogP contribution < -0.4 is 5.56 Å². The van der Waals surface area contributed by atoms with Gasteiger partial charge in [0.15, 0.2) is 0 Å². The molecular formula is C17H16ClFN2OS. The van der Waals surface area contributed by atoms with Crippen LogP contribution in [-0.2, 0) is 13.0 Å². The minimum Gasteiger partial charge on any atom is -0.293 e. The van der Waals surface area contributed by atoms with Crippen molar-refractivity contribution in [3.8, 4) is 11.1 Å². The number of fused-ring (bicyclic) bond motifs is 1. The molecule has 0 N–H and O–H groups in total. The first-order chi connectivity index (χ1) is 11.2. The summed E-state index contributed by atoms with van der Waals surface area (Å²) in [5.74, 6) is 0.659. The lowest BCUT2D eigenvalue weighted by molar-refractivity contribution is 0.431. The molecule has 3 nitrogen and oxygen atoms in total. The Labute approximate surface area is 142 Å². The van der Waals surface area contributed by atoms with Crippen LogP contribution in [0.1, 0.15) is 19.2 Å². The standard InChI is InChI=1S/C17H16ClFN2OS/c1-2-3-14-20-16-15(17(22)21(14)9-8-19)13(10-23-16)11-4-6-12(18)7-5-11/h4-7,10H,2-3,8-9H2,1H3. The average molecular weight is 351 g/mol. The van der Waals surface area contributed by atoms with E-state index in [2.05, 4.69) is 4.98 Å². The number of hydrogen-bond donors (Lipinski definition) is 0. The van der Waals surface area contributed by atoms with Gasteiger partial charge in [-0.15, -0.1) is 11.3 Å². The van der Waals surface area contributed by atoms with Crippen molar-refractivity contribution in [1.82, 2.24) is 9.55 Å². The molecule has 0 fully saturated rings. The van der Waals surface area contributed by atoms with Gasteiger partial charge in [0.2, 0.25) is 0 Å². The quantitative estimate of drug-likeness (QED) is 0.668. The summed E-state index contributed by atoms with van der Waals surface area (Å²) in [4.78, 5) is 18.2. The van der Waals surface area contributed by atoms with E-state index in [1.165, 1.54) is 15.9 Å². The molecule has 0 aliphatic rings. The first kappa shape index (κ1) is 16.1. The Morgan fingerprint density at radius 1 is 1.30 bits per heavy atom. The number of aryl methyl sites for hydroxylation is 1. The smallest absolute Gasteiger partial charge is 0.262 e. The molecule has 0 aliphatic carbocycles. The zero-order valence-electron chi connectivity index (χ0n) is 12.7. The van der Waals surface area contributed by atoms with Crippen LogP contribution in [0.25, 0.3) is 21.3 Å². The monoisotopic (exact) mass is 350 g/mol. The summed E-state index contributed by atoms with van der Waals surface area (Å²) in [5, 5.41) is 3.13. The third-order valence-electron chi connectivity index (χ3n) is 3.71. The maximum atomic E-state index is 12.9. The van der Waals surface area contributed by atoms with E-state index in [-0.39, 0.29) is 12.1 Å². The van der Waals surface area contributed by atoms with E-state index < -0.39 is 6.67 Å². The van der Waals surface area contributed by atoms with Crippen LogP contribution in [0.2, 0.25) is 5.02 Å². The van der Waals surface area contributed by atoms with E-state index >= 15 is 0 Å². The first-order valence-corrected chi connectivity index (χ1v) is 8.74. The van der Waals surface area contributed by atoms with Crippen LogP contribution in [0.15, 0.2) is 34.4 Å². The van der Waals surface area contributed by atoms with Crippen molar-refractivity contribution in [3.63, 3.8) is 0 Å². The minimum atomic E-state index is -0.579. The Balaban J connectivity index is 2.24. The highest BCUT2D eigenvalue weighted by atomic mass is 35.5. The summed E-state index contributed by atoms with van der Waals surface area (Å²) >= 11 is 7.37.